The van der Waals surface area contributed by atoms with E-state index in [1.807, 2.05) is 6.21 Å². The number of hydrogen-bond acceptors (Lipinski definition) is 6. The van der Waals surface area contributed by atoms with Gasteiger partial charge in [-0.25, -0.2) is 29.9 Å². The van der Waals surface area contributed by atoms with Gasteiger partial charge in [-0.2, -0.15) is 0 Å². The van der Waals surface area contributed by atoms with Crippen LogP contribution in [-0.4, -0.2) is 36.1 Å². The molecule has 0 fully saturated rings. The Hall–Kier alpha value is -2.70. The van der Waals surface area contributed by atoms with Crippen LogP contribution in [0, 0.1) is 0 Å². The minimum atomic E-state index is 0.399. The fraction of sp³-hybridized carbons (Fsp3) is 0.412. The second-order valence-corrected chi connectivity index (χ2v) is 6.25. The number of aliphatic imine (C=N–C) groups is 1. The molecule has 0 aliphatic carbocycles. The number of nitrogens with one attached hydrogen (secondary N) is 1. The topological polar surface area (TPSA) is 92.6 Å². The SMILES string of the molecule is CC(C)c1ncnc2c1CC=N2.CC(C)c1ncnc2nc[nH]c12. The number of fused-ring (bicyclic) bond motifs is 2. The third-order valence-corrected chi connectivity index (χ3v) is 3.81. The predicted octanol–water partition coefficient (Wildman–Crippen LogP) is 3.33. The Balaban J connectivity index is 0.000000141. The minimum absolute atomic E-state index is 0.399. The van der Waals surface area contributed by atoms with Gasteiger partial charge in [-0.1, -0.05) is 27.7 Å². The molecular weight excluding hydrogens is 302 g/mol. The van der Waals surface area contributed by atoms with Crippen molar-refractivity contribution in [1.82, 2.24) is 29.9 Å². The van der Waals surface area contributed by atoms with Crippen LogP contribution in [-0.2, 0) is 6.42 Å². The summed E-state index contributed by atoms with van der Waals surface area (Å²) in [5, 5.41) is 0. The monoisotopic (exact) mass is 323 g/mol. The molecule has 0 amide bonds. The van der Waals surface area contributed by atoms with Crippen molar-refractivity contribution in [3.8, 4) is 0 Å². The molecule has 4 rings (SSSR count). The Morgan fingerprint density at radius 3 is 2.33 bits per heavy atom. The molecule has 0 saturated heterocycles. The zero-order chi connectivity index (χ0) is 17.1. The molecule has 124 valence electrons. The normalized spacial score (nSPS) is 12.6. The van der Waals surface area contributed by atoms with Gasteiger partial charge in [-0.05, 0) is 11.8 Å². The summed E-state index contributed by atoms with van der Waals surface area (Å²) in [5.74, 6) is 1.72. The zero-order valence-corrected chi connectivity index (χ0v) is 14.4. The molecule has 7 heteroatoms. The Bertz CT molecular complexity index is 864. The molecule has 1 aliphatic heterocycles. The third kappa shape index (κ3) is 3.15. The first-order valence-corrected chi connectivity index (χ1v) is 8.08. The second-order valence-electron chi connectivity index (χ2n) is 6.25. The smallest absolute Gasteiger partial charge is 0.180 e. The van der Waals surface area contributed by atoms with Gasteiger partial charge >= 0.3 is 0 Å². The van der Waals surface area contributed by atoms with Crippen molar-refractivity contribution in [2.75, 3.05) is 0 Å². The highest BCUT2D eigenvalue weighted by molar-refractivity contribution is 5.74. The van der Waals surface area contributed by atoms with Crippen LogP contribution >= 0.6 is 0 Å². The maximum Gasteiger partial charge on any atom is 0.180 e. The van der Waals surface area contributed by atoms with Crippen LogP contribution < -0.4 is 0 Å². The molecule has 24 heavy (non-hydrogen) atoms. The van der Waals surface area contributed by atoms with Gasteiger partial charge in [-0.15, -0.1) is 0 Å². The fourth-order valence-electron chi connectivity index (χ4n) is 2.67. The molecule has 3 aromatic rings. The molecule has 3 aromatic heterocycles. The van der Waals surface area contributed by atoms with E-state index in [0.29, 0.717) is 11.8 Å². The van der Waals surface area contributed by atoms with Crippen molar-refractivity contribution in [3.05, 3.63) is 35.9 Å². The van der Waals surface area contributed by atoms with Gasteiger partial charge in [0.25, 0.3) is 0 Å². The highest BCUT2D eigenvalue weighted by atomic mass is 15.0. The number of aromatic amines is 1. The first-order valence-electron chi connectivity index (χ1n) is 8.08. The lowest BCUT2D eigenvalue weighted by Crippen LogP contribution is -1.99. The van der Waals surface area contributed by atoms with Gasteiger partial charge in [0.05, 0.1) is 17.7 Å². The van der Waals surface area contributed by atoms with E-state index in [9.17, 15) is 0 Å². The highest BCUT2D eigenvalue weighted by Gasteiger charge is 2.15. The molecule has 0 atom stereocenters. The maximum atomic E-state index is 4.26. The highest BCUT2D eigenvalue weighted by Crippen LogP contribution is 2.27. The number of aromatic nitrogens is 6. The van der Waals surface area contributed by atoms with E-state index in [4.69, 9.17) is 0 Å². The molecule has 0 saturated carbocycles. The van der Waals surface area contributed by atoms with E-state index in [1.54, 1.807) is 19.0 Å². The molecule has 1 aliphatic rings. The summed E-state index contributed by atoms with van der Waals surface area (Å²) in [6, 6.07) is 0. The van der Waals surface area contributed by atoms with Crippen molar-refractivity contribution < 1.29 is 0 Å². The van der Waals surface area contributed by atoms with Crippen LogP contribution in [0.5, 0.6) is 0 Å². The van der Waals surface area contributed by atoms with Crippen LogP contribution in [0.1, 0.15) is 56.5 Å². The van der Waals surface area contributed by atoms with Crippen LogP contribution in [0.25, 0.3) is 11.2 Å². The van der Waals surface area contributed by atoms with E-state index in [-0.39, 0.29) is 0 Å². The zero-order valence-electron chi connectivity index (χ0n) is 14.4. The van der Waals surface area contributed by atoms with E-state index in [0.717, 1.165) is 34.8 Å². The van der Waals surface area contributed by atoms with E-state index < -0.39 is 0 Å². The first-order chi connectivity index (χ1) is 11.6. The minimum Gasteiger partial charge on any atom is -0.342 e. The number of H-pyrrole nitrogens is 1. The van der Waals surface area contributed by atoms with Gasteiger partial charge < -0.3 is 4.98 Å². The summed E-state index contributed by atoms with van der Waals surface area (Å²) in [5.41, 5.74) is 5.06. The van der Waals surface area contributed by atoms with E-state index in [2.05, 4.69) is 62.6 Å². The molecule has 0 radical (unpaired) electrons. The van der Waals surface area contributed by atoms with Crippen molar-refractivity contribution in [2.45, 2.75) is 46.0 Å². The summed E-state index contributed by atoms with van der Waals surface area (Å²) in [6.07, 6.45) is 7.58. The lowest BCUT2D eigenvalue weighted by molar-refractivity contribution is 0.801. The van der Waals surface area contributed by atoms with Crippen LogP contribution in [0.2, 0.25) is 0 Å². The maximum absolute atomic E-state index is 4.26. The summed E-state index contributed by atoms with van der Waals surface area (Å²) in [7, 11) is 0. The number of hydrogen-bond donors (Lipinski definition) is 1. The first kappa shape index (κ1) is 16.2. The molecule has 0 bridgehead atoms. The average molecular weight is 323 g/mol. The Kier molecular flexibility index (Phi) is 4.59. The number of rotatable bonds is 2. The Morgan fingerprint density at radius 2 is 1.58 bits per heavy atom. The van der Waals surface area contributed by atoms with Crippen LogP contribution in [0.15, 0.2) is 24.0 Å². The molecule has 0 spiro atoms. The van der Waals surface area contributed by atoms with Crippen molar-refractivity contribution >= 4 is 23.2 Å². The molecule has 1 N–H and O–H groups in total. The quantitative estimate of drug-likeness (QED) is 0.780. The molecule has 7 nitrogen and oxygen atoms in total. The Morgan fingerprint density at radius 1 is 0.875 bits per heavy atom. The third-order valence-electron chi connectivity index (χ3n) is 3.81. The lowest BCUT2D eigenvalue weighted by atomic mass is 10.0. The van der Waals surface area contributed by atoms with Crippen molar-refractivity contribution in [2.24, 2.45) is 4.99 Å². The van der Waals surface area contributed by atoms with Gasteiger partial charge in [0, 0.05) is 18.2 Å². The van der Waals surface area contributed by atoms with Gasteiger partial charge in [0.15, 0.2) is 11.5 Å². The molecular formula is C17H21N7. The van der Waals surface area contributed by atoms with Crippen molar-refractivity contribution in [3.63, 3.8) is 0 Å². The molecule has 4 heterocycles. The molecule has 0 aromatic carbocycles. The van der Waals surface area contributed by atoms with E-state index >= 15 is 0 Å². The standard InChI is InChI=1S/C9H11N3.C8H10N4/c1-6(2)8-7-3-4-10-9(7)12-5-11-8;1-5(2)6-7-8(11-3-9-6)12-4-10-7/h4-6H,3H2,1-2H3;3-5H,1-2H3,(H,9,10,11,12). The van der Waals surface area contributed by atoms with Crippen LogP contribution in [0.3, 0.4) is 0 Å². The fourth-order valence-corrected chi connectivity index (χ4v) is 2.67. The number of imidazole rings is 1. The summed E-state index contributed by atoms with van der Waals surface area (Å²) >= 11 is 0. The predicted molar refractivity (Wildman–Crippen MR) is 93.7 cm³/mol. The van der Waals surface area contributed by atoms with Gasteiger partial charge in [-0.3, -0.25) is 0 Å². The van der Waals surface area contributed by atoms with Gasteiger partial charge in [0.1, 0.15) is 18.2 Å². The van der Waals surface area contributed by atoms with Crippen LogP contribution in [0.4, 0.5) is 5.82 Å². The summed E-state index contributed by atoms with van der Waals surface area (Å²) in [6.45, 7) is 8.48. The van der Waals surface area contributed by atoms with Crippen molar-refractivity contribution in [1.29, 1.82) is 0 Å². The molecule has 0 unspecified atom stereocenters. The number of nitrogens with zero attached hydrogens (tertiary/aromatic N) is 6. The Labute approximate surface area is 140 Å². The van der Waals surface area contributed by atoms with E-state index in [1.165, 1.54) is 5.56 Å². The summed E-state index contributed by atoms with van der Waals surface area (Å²) < 4.78 is 0. The average Bonchev–Trinajstić information content (AvgIpc) is 3.23. The largest absolute Gasteiger partial charge is 0.342 e. The summed E-state index contributed by atoms with van der Waals surface area (Å²) in [4.78, 5) is 27.8. The lowest BCUT2D eigenvalue weighted by Gasteiger charge is -2.07. The second kappa shape index (κ2) is 6.82. The van der Waals surface area contributed by atoms with Gasteiger partial charge in [0.2, 0.25) is 0 Å².